The predicted molar refractivity (Wildman–Crippen MR) is 116 cm³/mol. The fourth-order valence-electron chi connectivity index (χ4n) is 3.37. The fraction of sp³-hybridized carbons (Fsp3) is 0.261. The Labute approximate surface area is 192 Å². The highest BCUT2D eigenvalue weighted by Crippen LogP contribution is 2.30. The first-order valence-corrected chi connectivity index (χ1v) is 10.5. The number of carbonyl (C=O) groups excluding carboxylic acids is 1. The summed E-state index contributed by atoms with van der Waals surface area (Å²) in [6, 6.07) is 10.2. The van der Waals surface area contributed by atoms with Crippen molar-refractivity contribution in [3.8, 4) is 11.4 Å². The summed E-state index contributed by atoms with van der Waals surface area (Å²) in [5.74, 6) is 1.18. The maximum absolute atomic E-state index is 13.1. The normalized spacial score (nSPS) is 11.5. The first-order valence-electron chi connectivity index (χ1n) is 10.5. The second-order valence-electron chi connectivity index (χ2n) is 7.62. The molecule has 8 nitrogen and oxygen atoms in total. The third-order valence-corrected chi connectivity index (χ3v) is 4.96. The van der Waals surface area contributed by atoms with Crippen molar-refractivity contribution in [1.29, 1.82) is 0 Å². The van der Waals surface area contributed by atoms with Crippen LogP contribution in [0, 0.1) is 6.92 Å². The monoisotopic (exact) mass is 470 g/mol. The standard InChI is InChI=1S/C23H21F3N6O2/c1-15-12-19(31-34-15)22(33)28-8-3-11-32-21(17-6-9-27-10-7-17)29-20(30-32)14-16-4-2-5-18(13-16)23(24,25)26/h2,4-7,9-10,12-13H,3,8,11,14H2,1H3,(H,28,33). The van der Waals surface area contributed by atoms with Crippen molar-refractivity contribution >= 4 is 5.91 Å². The number of nitrogens with zero attached hydrogens (tertiary/aromatic N) is 5. The molecule has 3 heterocycles. The van der Waals surface area contributed by atoms with Gasteiger partial charge in [0, 0.05) is 43.5 Å². The number of alkyl halides is 3. The number of aryl methyl sites for hydroxylation is 2. The van der Waals surface area contributed by atoms with E-state index in [1.54, 1.807) is 48.3 Å². The van der Waals surface area contributed by atoms with Crippen molar-refractivity contribution in [2.75, 3.05) is 6.54 Å². The second-order valence-corrected chi connectivity index (χ2v) is 7.62. The Morgan fingerprint density at radius 2 is 1.94 bits per heavy atom. The number of rotatable bonds is 8. The molecule has 0 aliphatic carbocycles. The Morgan fingerprint density at radius 1 is 1.15 bits per heavy atom. The Bertz CT molecular complexity index is 1270. The van der Waals surface area contributed by atoms with Crippen LogP contribution in [-0.4, -0.2) is 37.4 Å². The van der Waals surface area contributed by atoms with E-state index < -0.39 is 11.7 Å². The number of hydrogen-bond acceptors (Lipinski definition) is 6. The van der Waals surface area contributed by atoms with E-state index in [4.69, 9.17) is 4.52 Å². The van der Waals surface area contributed by atoms with Crippen LogP contribution >= 0.6 is 0 Å². The zero-order valence-electron chi connectivity index (χ0n) is 18.2. The molecule has 0 spiro atoms. The Hall–Kier alpha value is -4.02. The molecule has 0 saturated heterocycles. The van der Waals surface area contributed by atoms with Gasteiger partial charge in [-0.2, -0.15) is 18.3 Å². The summed E-state index contributed by atoms with van der Waals surface area (Å²) < 4.78 is 45.8. The fourth-order valence-corrected chi connectivity index (χ4v) is 3.37. The molecule has 34 heavy (non-hydrogen) atoms. The SMILES string of the molecule is Cc1cc(C(=O)NCCCn2nc(Cc3cccc(C(F)(F)F)c3)nc2-c2ccncc2)no1. The summed E-state index contributed by atoms with van der Waals surface area (Å²) in [5, 5.41) is 11.0. The van der Waals surface area contributed by atoms with E-state index in [0.29, 0.717) is 42.5 Å². The third-order valence-electron chi connectivity index (χ3n) is 4.96. The lowest BCUT2D eigenvalue weighted by Crippen LogP contribution is -2.25. The molecule has 0 aliphatic heterocycles. The first kappa shape index (κ1) is 23.1. The summed E-state index contributed by atoms with van der Waals surface area (Å²) in [4.78, 5) is 20.7. The van der Waals surface area contributed by atoms with Gasteiger partial charge in [-0.15, -0.1) is 0 Å². The highest BCUT2D eigenvalue weighted by molar-refractivity contribution is 5.92. The number of amides is 1. The number of nitrogens with one attached hydrogen (secondary N) is 1. The third kappa shape index (κ3) is 5.66. The number of carbonyl (C=O) groups is 1. The molecule has 4 aromatic rings. The minimum atomic E-state index is -4.42. The highest BCUT2D eigenvalue weighted by Gasteiger charge is 2.30. The lowest BCUT2D eigenvalue weighted by atomic mass is 10.1. The molecule has 0 saturated carbocycles. The first-order chi connectivity index (χ1) is 16.3. The molecule has 4 rings (SSSR count). The number of pyridine rings is 1. The summed E-state index contributed by atoms with van der Waals surface area (Å²) in [7, 11) is 0. The van der Waals surface area contributed by atoms with E-state index in [9.17, 15) is 18.0 Å². The molecule has 1 amide bonds. The summed E-state index contributed by atoms with van der Waals surface area (Å²) in [6.45, 7) is 2.50. The average molecular weight is 470 g/mol. The number of benzene rings is 1. The van der Waals surface area contributed by atoms with E-state index in [1.807, 2.05) is 0 Å². The zero-order valence-corrected chi connectivity index (χ0v) is 18.2. The van der Waals surface area contributed by atoms with Gasteiger partial charge in [0.1, 0.15) is 5.76 Å². The highest BCUT2D eigenvalue weighted by atomic mass is 19.4. The largest absolute Gasteiger partial charge is 0.416 e. The Morgan fingerprint density at radius 3 is 2.65 bits per heavy atom. The predicted octanol–water partition coefficient (Wildman–Crippen LogP) is 4.07. The van der Waals surface area contributed by atoms with Crippen LogP contribution in [0.1, 0.15) is 39.6 Å². The lowest BCUT2D eigenvalue weighted by Gasteiger charge is -2.07. The maximum atomic E-state index is 13.1. The van der Waals surface area contributed by atoms with Crippen LogP contribution in [0.4, 0.5) is 13.2 Å². The van der Waals surface area contributed by atoms with Crippen LogP contribution in [0.25, 0.3) is 11.4 Å². The molecule has 0 unspecified atom stereocenters. The molecular weight excluding hydrogens is 449 g/mol. The van der Waals surface area contributed by atoms with E-state index in [2.05, 4.69) is 25.5 Å². The zero-order chi connectivity index (χ0) is 24.1. The molecule has 0 bridgehead atoms. The van der Waals surface area contributed by atoms with Crippen LogP contribution < -0.4 is 5.32 Å². The van der Waals surface area contributed by atoms with Gasteiger partial charge in [0.2, 0.25) is 0 Å². The van der Waals surface area contributed by atoms with Gasteiger partial charge < -0.3 is 9.84 Å². The van der Waals surface area contributed by atoms with Gasteiger partial charge in [0.15, 0.2) is 17.3 Å². The molecular formula is C23H21F3N6O2. The van der Waals surface area contributed by atoms with Gasteiger partial charge in [0.05, 0.1) is 5.56 Å². The van der Waals surface area contributed by atoms with Crippen LogP contribution in [0.5, 0.6) is 0 Å². The average Bonchev–Trinajstić information content (AvgIpc) is 3.43. The number of aromatic nitrogens is 5. The van der Waals surface area contributed by atoms with E-state index in [0.717, 1.165) is 17.7 Å². The maximum Gasteiger partial charge on any atom is 0.416 e. The van der Waals surface area contributed by atoms with Crippen LogP contribution in [0.2, 0.25) is 0 Å². The lowest BCUT2D eigenvalue weighted by molar-refractivity contribution is -0.137. The Balaban J connectivity index is 1.47. The van der Waals surface area contributed by atoms with Gasteiger partial charge in [-0.05, 0) is 37.1 Å². The minimum Gasteiger partial charge on any atom is -0.361 e. The molecule has 1 aromatic carbocycles. The van der Waals surface area contributed by atoms with Crippen molar-refractivity contribution in [1.82, 2.24) is 30.2 Å². The van der Waals surface area contributed by atoms with Crippen LogP contribution in [-0.2, 0) is 19.1 Å². The minimum absolute atomic E-state index is 0.150. The molecule has 1 N–H and O–H groups in total. The van der Waals surface area contributed by atoms with Gasteiger partial charge in [-0.25, -0.2) is 9.67 Å². The molecule has 0 fully saturated rings. The molecule has 3 aromatic heterocycles. The topological polar surface area (TPSA) is 98.7 Å². The molecule has 0 radical (unpaired) electrons. The molecule has 0 aliphatic rings. The van der Waals surface area contributed by atoms with Crippen molar-refractivity contribution < 1.29 is 22.5 Å². The van der Waals surface area contributed by atoms with Crippen molar-refractivity contribution in [2.24, 2.45) is 0 Å². The second kappa shape index (κ2) is 9.86. The van der Waals surface area contributed by atoms with Gasteiger partial charge in [0.25, 0.3) is 5.91 Å². The number of hydrogen-bond donors (Lipinski definition) is 1. The summed E-state index contributed by atoms with van der Waals surface area (Å²) in [6.07, 6.45) is -0.466. The van der Waals surface area contributed by atoms with Crippen LogP contribution in [0.15, 0.2) is 59.4 Å². The number of halogens is 3. The van der Waals surface area contributed by atoms with Gasteiger partial charge in [-0.1, -0.05) is 23.4 Å². The molecule has 11 heteroatoms. The summed E-state index contributed by atoms with van der Waals surface area (Å²) in [5.41, 5.74) is 0.735. The Kier molecular flexibility index (Phi) is 6.71. The smallest absolute Gasteiger partial charge is 0.361 e. The molecule has 176 valence electrons. The van der Waals surface area contributed by atoms with Crippen molar-refractivity contribution in [3.63, 3.8) is 0 Å². The van der Waals surface area contributed by atoms with E-state index in [-0.39, 0.29) is 18.0 Å². The quantitative estimate of drug-likeness (QED) is 0.390. The molecule has 0 atom stereocenters. The van der Waals surface area contributed by atoms with Gasteiger partial charge in [-0.3, -0.25) is 9.78 Å². The van der Waals surface area contributed by atoms with E-state index >= 15 is 0 Å². The van der Waals surface area contributed by atoms with Crippen molar-refractivity contribution in [3.05, 3.63) is 83.3 Å². The van der Waals surface area contributed by atoms with Gasteiger partial charge >= 0.3 is 6.18 Å². The summed E-state index contributed by atoms with van der Waals surface area (Å²) >= 11 is 0. The van der Waals surface area contributed by atoms with Crippen LogP contribution in [0.3, 0.4) is 0 Å². The van der Waals surface area contributed by atoms with E-state index in [1.165, 1.54) is 6.07 Å². The van der Waals surface area contributed by atoms with Crippen molar-refractivity contribution in [2.45, 2.75) is 32.5 Å².